The Morgan fingerprint density at radius 2 is 1.85 bits per heavy atom. The molecule has 4 rings (SSSR count). The summed E-state index contributed by atoms with van der Waals surface area (Å²) < 4.78 is 2.10. The largest absolute Gasteiger partial charge is 0.361 e. The number of carbonyl (C=O) groups excluding carboxylic acids is 1. The van der Waals surface area contributed by atoms with Gasteiger partial charge >= 0.3 is 0 Å². The van der Waals surface area contributed by atoms with E-state index in [0.29, 0.717) is 11.4 Å². The number of aromatic nitrogens is 2. The van der Waals surface area contributed by atoms with Crippen LogP contribution in [0.15, 0.2) is 79.3 Å². The van der Waals surface area contributed by atoms with Crippen LogP contribution in [0.1, 0.15) is 17.9 Å². The summed E-state index contributed by atoms with van der Waals surface area (Å²) >= 11 is 6.02. The predicted molar refractivity (Wildman–Crippen MR) is 110 cm³/mol. The molecule has 0 aliphatic rings. The lowest BCUT2D eigenvalue weighted by Crippen LogP contribution is -2.18. The molecule has 0 saturated heterocycles. The lowest BCUT2D eigenvalue weighted by molar-refractivity contribution is -0.116. The van der Waals surface area contributed by atoms with E-state index in [-0.39, 0.29) is 11.8 Å². The first-order chi connectivity index (χ1) is 13.2. The first-order valence-electron chi connectivity index (χ1n) is 8.90. The summed E-state index contributed by atoms with van der Waals surface area (Å²) in [6.07, 6.45) is 6.32. The van der Waals surface area contributed by atoms with Crippen molar-refractivity contribution in [2.24, 2.45) is 0 Å². The molecule has 0 bridgehead atoms. The Labute approximate surface area is 162 Å². The average Bonchev–Trinajstić information content (AvgIpc) is 3.33. The van der Waals surface area contributed by atoms with Gasteiger partial charge in [0.2, 0.25) is 5.91 Å². The average molecular weight is 378 g/mol. The Morgan fingerprint density at radius 1 is 1.07 bits per heavy atom. The van der Waals surface area contributed by atoms with Gasteiger partial charge in [-0.25, -0.2) is 0 Å². The predicted octanol–water partition coefficient (Wildman–Crippen LogP) is 5.44. The molecular formula is C22H20ClN3O. The number of benzene rings is 2. The van der Waals surface area contributed by atoms with E-state index in [2.05, 4.69) is 14.9 Å². The monoisotopic (exact) mass is 377 g/mol. The third kappa shape index (κ3) is 4.23. The summed E-state index contributed by atoms with van der Waals surface area (Å²) in [4.78, 5) is 15.9. The van der Waals surface area contributed by atoms with Gasteiger partial charge in [0.15, 0.2) is 0 Å². The van der Waals surface area contributed by atoms with Gasteiger partial charge in [0, 0.05) is 59.1 Å². The maximum absolute atomic E-state index is 12.7. The van der Waals surface area contributed by atoms with Gasteiger partial charge in [0.1, 0.15) is 0 Å². The SMILES string of the molecule is O=C(C[C@@H](Cn1cccc1)c1ccc(Cl)cc1)Nc1ccc2[nH]ccc2c1. The number of hydrogen-bond acceptors (Lipinski definition) is 1. The molecule has 4 nitrogen and oxygen atoms in total. The number of anilines is 1. The highest BCUT2D eigenvalue weighted by molar-refractivity contribution is 6.30. The van der Waals surface area contributed by atoms with E-state index in [0.717, 1.165) is 28.7 Å². The minimum Gasteiger partial charge on any atom is -0.361 e. The number of hydrogen-bond donors (Lipinski definition) is 2. The fourth-order valence-corrected chi connectivity index (χ4v) is 3.46. The van der Waals surface area contributed by atoms with Crippen LogP contribution >= 0.6 is 11.6 Å². The van der Waals surface area contributed by atoms with Crippen molar-refractivity contribution in [3.8, 4) is 0 Å². The van der Waals surface area contributed by atoms with Crippen LogP contribution in [0.2, 0.25) is 5.02 Å². The number of nitrogens with zero attached hydrogens (tertiary/aromatic N) is 1. The first-order valence-corrected chi connectivity index (χ1v) is 9.28. The summed E-state index contributed by atoms with van der Waals surface area (Å²) in [6.45, 7) is 0.735. The zero-order valence-electron chi connectivity index (χ0n) is 14.7. The highest BCUT2D eigenvalue weighted by atomic mass is 35.5. The number of H-pyrrole nitrogens is 1. The minimum absolute atomic E-state index is 0.00279. The van der Waals surface area contributed by atoms with Crippen molar-refractivity contribution in [3.05, 3.63) is 89.8 Å². The second-order valence-electron chi connectivity index (χ2n) is 6.66. The van der Waals surface area contributed by atoms with Crippen molar-refractivity contribution < 1.29 is 4.79 Å². The van der Waals surface area contributed by atoms with E-state index < -0.39 is 0 Å². The quantitative estimate of drug-likeness (QED) is 0.462. The van der Waals surface area contributed by atoms with Gasteiger partial charge in [-0.3, -0.25) is 4.79 Å². The molecule has 0 aliphatic heterocycles. The number of halogens is 1. The second kappa shape index (κ2) is 7.72. The van der Waals surface area contributed by atoms with Crippen LogP contribution in [0.3, 0.4) is 0 Å². The normalized spacial score (nSPS) is 12.2. The van der Waals surface area contributed by atoms with E-state index >= 15 is 0 Å². The van der Waals surface area contributed by atoms with Crippen molar-refractivity contribution in [1.82, 2.24) is 9.55 Å². The molecule has 2 N–H and O–H groups in total. The third-order valence-corrected chi connectivity index (χ3v) is 4.96. The fraction of sp³-hybridized carbons (Fsp3) is 0.136. The van der Waals surface area contributed by atoms with Gasteiger partial charge in [0.05, 0.1) is 0 Å². The molecule has 2 aromatic heterocycles. The van der Waals surface area contributed by atoms with Crippen molar-refractivity contribution in [3.63, 3.8) is 0 Å². The molecule has 4 aromatic rings. The summed E-state index contributed by atoms with van der Waals surface area (Å²) in [5.74, 6) is 0.0580. The number of rotatable bonds is 6. The first kappa shape index (κ1) is 17.4. The molecule has 1 atom stereocenters. The van der Waals surface area contributed by atoms with Crippen LogP contribution < -0.4 is 5.32 Å². The fourth-order valence-electron chi connectivity index (χ4n) is 3.34. The maximum atomic E-state index is 12.7. The number of carbonyl (C=O) groups is 1. The van der Waals surface area contributed by atoms with Gasteiger partial charge in [-0.05, 0) is 54.1 Å². The lowest BCUT2D eigenvalue weighted by Gasteiger charge is -2.18. The Morgan fingerprint density at radius 3 is 2.63 bits per heavy atom. The molecule has 0 radical (unpaired) electrons. The van der Waals surface area contributed by atoms with Crippen LogP contribution in [-0.4, -0.2) is 15.5 Å². The molecule has 5 heteroatoms. The highest BCUT2D eigenvalue weighted by Crippen LogP contribution is 2.25. The standard InChI is InChI=1S/C22H20ClN3O/c23-19-5-3-16(4-6-19)18(15-26-11-1-2-12-26)14-22(27)25-20-7-8-21-17(13-20)9-10-24-21/h1-13,18,24H,14-15H2,(H,25,27)/t18-/m0/s1. The Kier molecular flexibility index (Phi) is 4.99. The van der Waals surface area contributed by atoms with Crippen molar-refractivity contribution in [2.45, 2.75) is 18.9 Å². The topological polar surface area (TPSA) is 49.8 Å². The van der Waals surface area contributed by atoms with Gasteiger partial charge in [-0.2, -0.15) is 0 Å². The van der Waals surface area contributed by atoms with Crippen molar-refractivity contribution in [1.29, 1.82) is 0 Å². The molecule has 0 saturated carbocycles. The van der Waals surface area contributed by atoms with Crippen molar-refractivity contribution in [2.75, 3.05) is 5.32 Å². The number of nitrogens with one attached hydrogen (secondary N) is 2. The molecule has 2 heterocycles. The van der Waals surface area contributed by atoms with E-state index in [9.17, 15) is 4.79 Å². The van der Waals surface area contributed by atoms with Crippen molar-refractivity contribution >= 4 is 34.1 Å². The van der Waals surface area contributed by atoms with E-state index in [1.54, 1.807) is 0 Å². The number of amides is 1. The zero-order chi connectivity index (χ0) is 18.6. The molecule has 0 fully saturated rings. The smallest absolute Gasteiger partial charge is 0.225 e. The van der Waals surface area contributed by atoms with Crippen LogP contribution in [0, 0.1) is 0 Å². The summed E-state index contributed by atoms with van der Waals surface area (Å²) in [6, 6.07) is 19.6. The Balaban J connectivity index is 1.50. The second-order valence-corrected chi connectivity index (χ2v) is 7.10. The van der Waals surface area contributed by atoms with Crippen LogP contribution in [0.5, 0.6) is 0 Å². The van der Waals surface area contributed by atoms with Crippen LogP contribution in [0.25, 0.3) is 10.9 Å². The minimum atomic E-state index is -0.00279. The molecule has 0 aliphatic carbocycles. The highest BCUT2D eigenvalue weighted by Gasteiger charge is 2.17. The summed E-state index contributed by atoms with van der Waals surface area (Å²) in [7, 11) is 0. The molecule has 136 valence electrons. The van der Waals surface area contributed by atoms with Gasteiger partial charge in [0.25, 0.3) is 0 Å². The van der Waals surface area contributed by atoms with E-state index in [4.69, 9.17) is 11.6 Å². The van der Waals surface area contributed by atoms with Crippen LogP contribution in [0.4, 0.5) is 5.69 Å². The third-order valence-electron chi connectivity index (χ3n) is 4.71. The molecule has 2 aromatic carbocycles. The molecule has 0 unspecified atom stereocenters. The van der Waals surface area contributed by atoms with Gasteiger partial charge in [-0.1, -0.05) is 23.7 Å². The van der Waals surface area contributed by atoms with E-state index in [1.165, 1.54) is 0 Å². The van der Waals surface area contributed by atoms with Gasteiger partial charge in [-0.15, -0.1) is 0 Å². The van der Waals surface area contributed by atoms with E-state index in [1.807, 2.05) is 79.3 Å². The van der Waals surface area contributed by atoms with Crippen LogP contribution in [-0.2, 0) is 11.3 Å². The van der Waals surface area contributed by atoms with Gasteiger partial charge < -0.3 is 14.9 Å². The molecule has 1 amide bonds. The number of aromatic amines is 1. The maximum Gasteiger partial charge on any atom is 0.225 e. The zero-order valence-corrected chi connectivity index (χ0v) is 15.5. The molecule has 27 heavy (non-hydrogen) atoms. The molecular weight excluding hydrogens is 358 g/mol. The Hall–Kier alpha value is -2.98. The number of fused-ring (bicyclic) bond motifs is 1. The Bertz CT molecular complexity index is 1040. The summed E-state index contributed by atoms with van der Waals surface area (Å²) in [5, 5.41) is 4.80. The molecule has 0 spiro atoms. The lowest BCUT2D eigenvalue weighted by atomic mass is 9.95. The summed E-state index contributed by atoms with van der Waals surface area (Å²) in [5.41, 5.74) is 2.96.